The lowest BCUT2D eigenvalue weighted by Gasteiger charge is -2.37. The Morgan fingerprint density at radius 2 is 1.77 bits per heavy atom. The van der Waals surface area contributed by atoms with Crippen LogP contribution in [0.4, 0.5) is 10.6 Å². The minimum atomic E-state index is -0.951. The summed E-state index contributed by atoms with van der Waals surface area (Å²) in [4.78, 5) is 47.8. The van der Waals surface area contributed by atoms with Gasteiger partial charge in [0.05, 0.1) is 11.2 Å². The Balaban J connectivity index is 1.06. The minimum Gasteiger partial charge on any atom is -0.492 e. The molecule has 5 N–H and O–H groups in total. The summed E-state index contributed by atoms with van der Waals surface area (Å²) in [5.41, 5.74) is 12.3. The summed E-state index contributed by atoms with van der Waals surface area (Å²) in [6.45, 7) is 7.60. The van der Waals surface area contributed by atoms with E-state index in [2.05, 4.69) is 15.2 Å². The van der Waals surface area contributed by atoms with Crippen LogP contribution < -0.4 is 27.2 Å². The highest BCUT2D eigenvalue weighted by molar-refractivity contribution is 5.89. The van der Waals surface area contributed by atoms with E-state index in [1.807, 2.05) is 18.2 Å². The van der Waals surface area contributed by atoms with E-state index in [0.29, 0.717) is 62.4 Å². The van der Waals surface area contributed by atoms with Crippen molar-refractivity contribution in [1.82, 2.24) is 24.3 Å². The molecule has 39 heavy (non-hydrogen) atoms. The number of amides is 3. The topological polar surface area (TPSA) is 152 Å². The van der Waals surface area contributed by atoms with Crippen molar-refractivity contribution >= 4 is 17.8 Å². The number of likely N-dealkylation sites (tertiary alicyclic amines) is 1. The van der Waals surface area contributed by atoms with Gasteiger partial charge in [-0.2, -0.15) is 4.98 Å². The van der Waals surface area contributed by atoms with Crippen molar-refractivity contribution in [2.75, 3.05) is 51.2 Å². The molecule has 2 saturated heterocycles. The number of hydrogen-bond donors (Lipinski definition) is 3. The summed E-state index contributed by atoms with van der Waals surface area (Å²) >= 11 is 0. The van der Waals surface area contributed by atoms with Crippen molar-refractivity contribution in [2.45, 2.75) is 37.9 Å². The number of piperidine rings is 1. The van der Waals surface area contributed by atoms with E-state index in [4.69, 9.17) is 16.2 Å². The summed E-state index contributed by atoms with van der Waals surface area (Å²) in [5.74, 6) is 2.10. The zero-order valence-corrected chi connectivity index (χ0v) is 22.4. The highest BCUT2D eigenvalue weighted by atomic mass is 16.5. The molecule has 6 rings (SSSR count). The molecule has 4 atom stereocenters. The minimum absolute atomic E-state index is 0.145. The normalized spacial score (nSPS) is 26.5. The van der Waals surface area contributed by atoms with Crippen LogP contribution >= 0.6 is 0 Å². The Hall–Kier alpha value is -3.48. The highest BCUT2D eigenvalue weighted by Crippen LogP contribution is 2.45. The molecule has 12 nitrogen and oxygen atoms in total. The lowest BCUT2D eigenvalue weighted by atomic mass is 10.0. The number of carbonyl (C=O) groups excluding carboxylic acids is 2. The fourth-order valence-corrected chi connectivity index (χ4v) is 6.01. The van der Waals surface area contributed by atoms with Gasteiger partial charge in [-0.25, -0.2) is 9.59 Å². The second kappa shape index (κ2) is 9.61. The maximum absolute atomic E-state index is 12.8. The molecule has 0 radical (unpaired) electrons. The van der Waals surface area contributed by atoms with E-state index < -0.39 is 11.2 Å². The lowest BCUT2D eigenvalue weighted by Crippen LogP contribution is -2.58. The fraction of sp³-hybridized carbons (Fsp3) is 0.556. The highest BCUT2D eigenvalue weighted by Gasteiger charge is 2.54. The predicted octanol–water partition coefficient (Wildman–Crippen LogP) is -0.162. The molecule has 2 aromatic rings. The summed E-state index contributed by atoms with van der Waals surface area (Å²) in [6, 6.07) is 7.73. The van der Waals surface area contributed by atoms with Crippen LogP contribution in [-0.4, -0.2) is 99.7 Å². The Labute approximate surface area is 226 Å². The molecule has 0 spiro atoms. The van der Waals surface area contributed by atoms with Crippen molar-refractivity contribution < 1.29 is 14.3 Å². The molecular formula is C27H36N8O4. The number of piperazine rings is 1. The second-order valence-electron chi connectivity index (χ2n) is 11.7. The number of ether oxygens (including phenoxy) is 1. The van der Waals surface area contributed by atoms with E-state index in [1.54, 1.807) is 35.9 Å². The average Bonchev–Trinajstić information content (AvgIpc) is 3.30. The molecule has 0 bridgehead atoms. The van der Waals surface area contributed by atoms with Gasteiger partial charge in [0, 0.05) is 63.6 Å². The van der Waals surface area contributed by atoms with Crippen LogP contribution in [0.3, 0.4) is 0 Å². The van der Waals surface area contributed by atoms with Crippen LogP contribution in [0, 0.1) is 11.8 Å². The summed E-state index contributed by atoms with van der Waals surface area (Å²) in [5, 5.41) is 2.69. The molecule has 3 amide bonds. The van der Waals surface area contributed by atoms with Gasteiger partial charge in [0.25, 0.3) is 0 Å². The Morgan fingerprint density at radius 1 is 1.08 bits per heavy atom. The fourth-order valence-electron chi connectivity index (χ4n) is 6.01. The Bertz CT molecular complexity index is 1330. The van der Waals surface area contributed by atoms with E-state index in [0.717, 1.165) is 30.8 Å². The van der Waals surface area contributed by atoms with Gasteiger partial charge in [-0.15, -0.1) is 0 Å². The third kappa shape index (κ3) is 4.99. The first-order chi connectivity index (χ1) is 18.6. The Morgan fingerprint density at radius 3 is 2.44 bits per heavy atom. The van der Waals surface area contributed by atoms with E-state index in [1.165, 1.54) is 4.57 Å². The van der Waals surface area contributed by atoms with Crippen LogP contribution in [-0.2, 0) is 11.2 Å². The number of rotatable bonds is 4. The van der Waals surface area contributed by atoms with Crippen molar-refractivity contribution in [3.8, 4) is 11.4 Å². The van der Waals surface area contributed by atoms with Crippen LogP contribution in [0.1, 0.15) is 19.4 Å². The van der Waals surface area contributed by atoms with E-state index in [9.17, 15) is 14.4 Å². The van der Waals surface area contributed by atoms with Gasteiger partial charge in [-0.3, -0.25) is 19.6 Å². The molecule has 12 heteroatoms. The number of nitrogens with one attached hydrogen (secondary N) is 1. The van der Waals surface area contributed by atoms with Gasteiger partial charge in [-0.1, -0.05) is 6.07 Å². The zero-order valence-electron chi connectivity index (χ0n) is 22.4. The molecule has 1 aromatic heterocycles. The summed E-state index contributed by atoms with van der Waals surface area (Å²) in [7, 11) is 0. The van der Waals surface area contributed by atoms with Gasteiger partial charge in [0.1, 0.15) is 18.2 Å². The number of hydrogen-bond acceptors (Lipinski definition) is 8. The van der Waals surface area contributed by atoms with E-state index in [-0.39, 0.29) is 17.8 Å². The van der Waals surface area contributed by atoms with Gasteiger partial charge < -0.3 is 26.0 Å². The summed E-state index contributed by atoms with van der Waals surface area (Å²) in [6.07, 6.45) is 2.51. The van der Waals surface area contributed by atoms with Crippen molar-refractivity contribution in [2.24, 2.45) is 23.3 Å². The zero-order chi connectivity index (χ0) is 27.5. The number of carbonyl (C=O) groups is 2. The van der Waals surface area contributed by atoms with E-state index >= 15 is 0 Å². The number of anilines is 1. The number of nitrogens with two attached hydrogens (primary N) is 2. The van der Waals surface area contributed by atoms with Gasteiger partial charge >= 0.3 is 11.7 Å². The number of nitrogens with zero attached hydrogens (tertiary/aromatic N) is 5. The number of aromatic nitrogens is 2. The molecule has 3 aliphatic heterocycles. The molecule has 4 aliphatic rings. The van der Waals surface area contributed by atoms with Crippen LogP contribution in [0.5, 0.6) is 5.75 Å². The third-order valence-corrected chi connectivity index (χ3v) is 8.46. The van der Waals surface area contributed by atoms with Crippen molar-refractivity contribution in [3.05, 3.63) is 46.5 Å². The quantitative estimate of drug-likeness (QED) is 0.488. The van der Waals surface area contributed by atoms with Crippen LogP contribution in [0.15, 0.2) is 35.3 Å². The second-order valence-corrected chi connectivity index (χ2v) is 11.7. The molecule has 1 saturated carbocycles. The number of urea groups is 1. The third-order valence-electron chi connectivity index (χ3n) is 8.46. The molecule has 4 heterocycles. The average molecular weight is 537 g/mol. The first-order valence-corrected chi connectivity index (χ1v) is 13.6. The van der Waals surface area contributed by atoms with Crippen LogP contribution in [0.2, 0.25) is 0 Å². The molecule has 1 aliphatic carbocycles. The standard InChI is InChI=1S/C27H36N8O4/c1-27(2,29)24(36)32-7-9-33(10-8-32)25(37)30-22-5-6-35(26(38)31-22)17-4-3-16-11-18(15-39-21(16)12-17)34-13-19-20(14-34)23(19)28/h3-6,12,18-20,23H,7-11,13-15,28-29H2,1-2H3,(H,30,31,37,38)/t18?,19-,20+,23?. The molecular weight excluding hydrogens is 500 g/mol. The smallest absolute Gasteiger partial charge is 0.354 e. The monoisotopic (exact) mass is 536 g/mol. The van der Waals surface area contributed by atoms with Crippen LogP contribution in [0.25, 0.3) is 5.69 Å². The first kappa shape index (κ1) is 25.8. The lowest BCUT2D eigenvalue weighted by molar-refractivity contribution is -0.137. The van der Waals surface area contributed by atoms with Gasteiger partial charge in [-0.05, 0) is 49.8 Å². The molecule has 3 fully saturated rings. The first-order valence-electron chi connectivity index (χ1n) is 13.6. The van der Waals surface area contributed by atoms with Gasteiger partial charge in [0.15, 0.2) is 0 Å². The number of benzene rings is 1. The molecule has 2 unspecified atom stereocenters. The van der Waals surface area contributed by atoms with Gasteiger partial charge in [0.2, 0.25) is 5.91 Å². The SMILES string of the molecule is CC(C)(N)C(=O)N1CCN(C(=O)Nc2ccn(-c3ccc4c(c3)OCC(N3C[C@@H]5C(N)[C@@H]5C3)C4)c(=O)n2)CC1. The van der Waals surface area contributed by atoms with Crippen molar-refractivity contribution in [1.29, 1.82) is 0 Å². The maximum atomic E-state index is 12.8. The Kier molecular flexibility index (Phi) is 6.35. The molecule has 1 aromatic carbocycles. The predicted molar refractivity (Wildman–Crippen MR) is 145 cm³/mol. The summed E-state index contributed by atoms with van der Waals surface area (Å²) < 4.78 is 7.54. The maximum Gasteiger partial charge on any atom is 0.354 e. The van der Waals surface area contributed by atoms with Crippen molar-refractivity contribution in [3.63, 3.8) is 0 Å². The molecule has 208 valence electrons. The largest absolute Gasteiger partial charge is 0.492 e. The number of fused-ring (bicyclic) bond motifs is 2.